The van der Waals surface area contributed by atoms with Gasteiger partial charge in [-0.05, 0) is 19.8 Å². The minimum atomic E-state index is -0.549. The van der Waals surface area contributed by atoms with E-state index in [1.165, 1.54) is 0 Å². The zero-order valence-electron chi connectivity index (χ0n) is 11.7. The van der Waals surface area contributed by atoms with Gasteiger partial charge >= 0.3 is 5.97 Å². The Bertz CT molecular complexity index is 314. The molecule has 1 heterocycles. The van der Waals surface area contributed by atoms with Gasteiger partial charge in [-0.3, -0.25) is 9.59 Å². The highest BCUT2D eigenvalue weighted by atomic mass is 16.5. The van der Waals surface area contributed by atoms with E-state index in [2.05, 4.69) is 5.32 Å². The molecular weight excluding hydrogens is 248 g/mol. The van der Waals surface area contributed by atoms with E-state index >= 15 is 0 Å². The van der Waals surface area contributed by atoms with Crippen molar-refractivity contribution in [2.75, 3.05) is 32.9 Å². The summed E-state index contributed by atoms with van der Waals surface area (Å²) in [6.07, 6.45) is 1.26. The first kappa shape index (κ1) is 15.9. The Morgan fingerprint density at radius 3 is 2.58 bits per heavy atom. The van der Waals surface area contributed by atoms with Crippen molar-refractivity contribution in [2.45, 2.75) is 26.7 Å². The van der Waals surface area contributed by atoms with E-state index < -0.39 is 5.41 Å². The lowest BCUT2D eigenvalue weighted by Crippen LogP contribution is -2.50. The summed E-state index contributed by atoms with van der Waals surface area (Å²) in [6, 6.07) is 0. The number of hydrogen-bond acceptors (Lipinski definition) is 5. The quantitative estimate of drug-likeness (QED) is 0.667. The fourth-order valence-electron chi connectivity index (χ4n) is 2.09. The largest absolute Gasteiger partial charge is 0.466 e. The van der Waals surface area contributed by atoms with Gasteiger partial charge in [-0.1, -0.05) is 6.92 Å². The van der Waals surface area contributed by atoms with Crippen molar-refractivity contribution in [3.8, 4) is 0 Å². The topological polar surface area (TPSA) is 90.7 Å². The Kier molecular flexibility index (Phi) is 6.24. The number of carbonyl (C=O) groups is 2. The molecule has 1 fully saturated rings. The molecule has 0 aromatic carbocycles. The molecule has 1 unspecified atom stereocenters. The van der Waals surface area contributed by atoms with E-state index in [0.29, 0.717) is 39.2 Å². The third kappa shape index (κ3) is 4.18. The van der Waals surface area contributed by atoms with Gasteiger partial charge in [0.2, 0.25) is 5.91 Å². The molecule has 0 aromatic heterocycles. The fraction of sp³-hybridized carbons (Fsp3) is 0.846. The molecule has 1 rings (SSSR count). The number of ether oxygens (including phenoxy) is 2. The molecule has 19 heavy (non-hydrogen) atoms. The maximum atomic E-state index is 12.2. The number of amides is 1. The van der Waals surface area contributed by atoms with Crippen molar-refractivity contribution < 1.29 is 19.1 Å². The molecule has 0 aliphatic carbocycles. The summed E-state index contributed by atoms with van der Waals surface area (Å²) < 4.78 is 10.2. The van der Waals surface area contributed by atoms with Crippen LogP contribution in [0.2, 0.25) is 0 Å². The first-order valence-corrected chi connectivity index (χ1v) is 6.78. The average molecular weight is 272 g/mol. The number of esters is 1. The van der Waals surface area contributed by atoms with E-state index in [-0.39, 0.29) is 24.3 Å². The summed E-state index contributed by atoms with van der Waals surface area (Å²) in [5.74, 6) is -0.732. The van der Waals surface area contributed by atoms with Crippen LogP contribution in [-0.2, 0) is 19.1 Å². The zero-order valence-corrected chi connectivity index (χ0v) is 11.7. The van der Waals surface area contributed by atoms with E-state index in [0.717, 1.165) is 0 Å². The Labute approximate surface area is 114 Å². The van der Waals surface area contributed by atoms with Crippen LogP contribution in [0.25, 0.3) is 0 Å². The second-order valence-electron chi connectivity index (χ2n) is 4.96. The van der Waals surface area contributed by atoms with Crippen LogP contribution in [0.5, 0.6) is 0 Å². The third-order valence-electron chi connectivity index (χ3n) is 3.58. The van der Waals surface area contributed by atoms with Crippen molar-refractivity contribution in [3.63, 3.8) is 0 Å². The molecule has 6 nitrogen and oxygen atoms in total. The van der Waals surface area contributed by atoms with Crippen molar-refractivity contribution in [1.82, 2.24) is 5.32 Å². The molecule has 1 aliphatic rings. The molecule has 1 atom stereocenters. The van der Waals surface area contributed by atoms with Crippen molar-refractivity contribution in [2.24, 2.45) is 17.1 Å². The lowest BCUT2D eigenvalue weighted by atomic mass is 9.79. The molecule has 6 heteroatoms. The zero-order chi connectivity index (χ0) is 14.3. The molecule has 110 valence electrons. The molecule has 1 amide bonds. The number of nitrogens with two attached hydrogens (primary N) is 1. The van der Waals surface area contributed by atoms with Crippen LogP contribution in [0.1, 0.15) is 26.7 Å². The SMILES string of the molecule is CCOC(=O)C(C)CNC(=O)C1(CN)CCOCC1. The first-order chi connectivity index (χ1) is 9.05. The van der Waals surface area contributed by atoms with E-state index in [1.54, 1.807) is 13.8 Å². The van der Waals surface area contributed by atoms with Gasteiger partial charge in [0.05, 0.1) is 17.9 Å². The minimum Gasteiger partial charge on any atom is -0.466 e. The van der Waals surface area contributed by atoms with E-state index in [1.807, 2.05) is 0 Å². The van der Waals surface area contributed by atoms with Gasteiger partial charge in [0.15, 0.2) is 0 Å². The van der Waals surface area contributed by atoms with Gasteiger partial charge in [0.25, 0.3) is 0 Å². The van der Waals surface area contributed by atoms with Crippen LogP contribution in [0.3, 0.4) is 0 Å². The predicted octanol–water partition coefficient (Wildman–Crippen LogP) is 0.0573. The number of hydrogen-bond donors (Lipinski definition) is 2. The van der Waals surface area contributed by atoms with Crippen LogP contribution in [0.15, 0.2) is 0 Å². The van der Waals surface area contributed by atoms with Gasteiger partial charge in [0, 0.05) is 26.3 Å². The number of carbonyl (C=O) groups excluding carboxylic acids is 2. The van der Waals surface area contributed by atoms with Gasteiger partial charge in [-0.25, -0.2) is 0 Å². The minimum absolute atomic E-state index is 0.0885. The summed E-state index contributed by atoms with van der Waals surface area (Å²) in [5, 5.41) is 2.81. The Hall–Kier alpha value is -1.14. The standard InChI is InChI=1S/C13H24N2O4/c1-3-19-11(16)10(2)8-15-12(17)13(9-14)4-6-18-7-5-13/h10H,3-9,14H2,1-2H3,(H,15,17). The van der Waals surface area contributed by atoms with E-state index in [9.17, 15) is 9.59 Å². The molecule has 0 saturated carbocycles. The number of nitrogens with one attached hydrogen (secondary N) is 1. The number of rotatable bonds is 6. The van der Waals surface area contributed by atoms with Gasteiger partial charge in [0.1, 0.15) is 0 Å². The van der Waals surface area contributed by atoms with Crippen molar-refractivity contribution >= 4 is 11.9 Å². The Morgan fingerprint density at radius 2 is 2.05 bits per heavy atom. The van der Waals surface area contributed by atoms with Gasteiger partial charge in [-0.15, -0.1) is 0 Å². The summed E-state index contributed by atoms with van der Waals surface area (Å²) >= 11 is 0. The van der Waals surface area contributed by atoms with Crippen LogP contribution >= 0.6 is 0 Å². The lowest BCUT2D eigenvalue weighted by Gasteiger charge is -2.34. The fourth-order valence-corrected chi connectivity index (χ4v) is 2.09. The van der Waals surface area contributed by atoms with Crippen LogP contribution in [0, 0.1) is 11.3 Å². The van der Waals surface area contributed by atoms with Crippen LogP contribution in [-0.4, -0.2) is 44.8 Å². The summed E-state index contributed by atoms with van der Waals surface area (Å²) in [7, 11) is 0. The highest BCUT2D eigenvalue weighted by Gasteiger charge is 2.38. The van der Waals surface area contributed by atoms with Gasteiger partial charge < -0.3 is 20.5 Å². The molecule has 1 aliphatic heterocycles. The van der Waals surface area contributed by atoms with Gasteiger partial charge in [-0.2, -0.15) is 0 Å². The predicted molar refractivity (Wildman–Crippen MR) is 70.3 cm³/mol. The molecule has 0 bridgehead atoms. The van der Waals surface area contributed by atoms with Crippen molar-refractivity contribution in [1.29, 1.82) is 0 Å². The smallest absolute Gasteiger partial charge is 0.310 e. The Balaban J connectivity index is 2.47. The maximum absolute atomic E-state index is 12.2. The maximum Gasteiger partial charge on any atom is 0.310 e. The molecular formula is C13H24N2O4. The second-order valence-corrected chi connectivity index (χ2v) is 4.96. The normalized spacial score (nSPS) is 19.5. The van der Waals surface area contributed by atoms with E-state index in [4.69, 9.17) is 15.2 Å². The summed E-state index contributed by atoms with van der Waals surface area (Å²) in [6.45, 7) is 5.53. The molecule has 0 spiro atoms. The summed E-state index contributed by atoms with van der Waals surface area (Å²) in [4.78, 5) is 23.7. The van der Waals surface area contributed by atoms with Crippen LogP contribution < -0.4 is 11.1 Å². The average Bonchev–Trinajstić information content (AvgIpc) is 2.45. The Morgan fingerprint density at radius 1 is 1.42 bits per heavy atom. The summed E-state index contributed by atoms with van der Waals surface area (Å²) in [5.41, 5.74) is 5.20. The highest BCUT2D eigenvalue weighted by molar-refractivity contribution is 5.83. The first-order valence-electron chi connectivity index (χ1n) is 6.78. The molecule has 3 N–H and O–H groups in total. The monoisotopic (exact) mass is 272 g/mol. The van der Waals surface area contributed by atoms with Crippen molar-refractivity contribution in [3.05, 3.63) is 0 Å². The molecule has 0 radical (unpaired) electrons. The van der Waals surface area contributed by atoms with Crippen LogP contribution in [0.4, 0.5) is 0 Å². The highest BCUT2D eigenvalue weighted by Crippen LogP contribution is 2.29. The third-order valence-corrected chi connectivity index (χ3v) is 3.58. The second kappa shape index (κ2) is 7.45. The molecule has 1 saturated heterocycles. The molecule has 0 aromatic rings. The lowest BCUT2D eigenvalue weighted by molar-refractivity contribution is -0.147.